The molecule has 0 fully saturated rings. The maximum absolute atomic E-state index is 11.6. The number of sulfonamides is 1. The Morgan fingerprint density at radius 3 is 2.47 bits per heavy atom. The van der Waals surface area contributed by atoms with Gasteiger partial charge in [0.15, 0.2) is 0 Å². The Morgan fingerprint density at radius 1 is 1.06 bits per heavy atom. The Morgan fingerprint density at radius 2 is 1.78 bits per heavy atom. The van der Waals surface area contributed by atoms with Crippen LogP contribution in [0.25, 0.3) is 11.1 Å². The van der Waals surface area contributed by atoms with Gasteiger partial charge in [-0.1, -0.05) is 38.1 Å². The average molecular weight is 451 g/mol. The SMILES string of the molecule is COc1cccc2c1[C@H]1Nc3ccc(-c4ccc(S(N)(=O)=O)cc4)cc3C(C)(C)[C@@H]1CO2. The first kappa shape index (κ1) is 20.8. The van der Waals surface area contributed by atoms with Gasteiger partial charge in [0.05, 0.1) is 30.2 Å². The van der Waals surface area contributed by atoms with Gasteiger partial charge in [-0.15, -0.1) is 0 Å². The number of nitrogens with two attached hydrogens (primary N) is 1. The summed E-state index contributed by atoms with van der Waals surface area (Å²) in [7, 11) is -2.02. The second kappa shape index (κ2) is 7.25. The van der Waals surface area contributed by atoms with Gasteiger partial charge in [-0.05, 0) is 53.1 Å². The fourth-order valence-electron chi connectivity index (χ4n) is 5.00. The number of anilines is 1. The summed E-state index contributed by atoms with van der Waals surface area (Å²) in [6, 6.07) is 19.0. The lowest BCUT2D eigenvalue weighted by atomic mass is 9.65. The smallest absolute Gasteiger partial charge is 0.238 e. The van der Waals surface area contributed by atoms with Gasteiger partial charge in [0.2, 0.25) is 10.0 Å². The van der Waals surface area contributed by atoms with E-state index in [1.807, 2.05) is 18.2 Å². The third kappa shape index (κ3) is 3.24. The molecule has 0 amide bonds. The van der Waals surface area contributed by atoms with Crippen molar-refractivity contribution in [2.45, 2.75) is 30.2 Å². The minimum Gasteiger partial charge on any atom is -0.496 e. The van der Waals surface area contributed by atoms with Gasteiger partial charge < -0.3 is 14.8 Å². The zero-order valence-electron chi connectivity index (χ0n) is 18.3. The molecule has 0 unspecified atom stereocenters. The molecule has 6 nitrogen and oxygen atoms in total. The van der Waals surface area contributed by atoms with Crippen molar-refractivity contribution >= 4 is 15.7 Å². The number of primary sulfonamides is 1. The molecule has 0 saturated heterocycles. The van der Waals surface area contributed by atoms with Crippen LogP contribution in [0.5, 0.6) is 11.5 Å². The number of hydrogen-bond donors (Lipinski definition) is 2. The van der Waals surface area contributed by atoms with Gasteiger partial charge in [-0.2, -0.15) is 0 Å². The van der Waals surface area contributed by atoms with E-state index < -0.39 is 10.0 Å². The third-order valence-electron chi connectivity index (χ3n) is 6.85. The minimum atomic E-state index is -3.71. The summed E-state index contributed by atoms with van der Waals surface area (Å²) in [5, 5.41) is 8.97. The summed E-state index contributed by atoms with van der Waals surface area (Å²) in [5.41, 5.74) is 5.14. The fourth-order valence-corrected chi connectivity index (χ4v) is 5.51. The Hall–Kier alpha value is -3.03. The second-order valence-corrected chi connectivity index (χ2v) is 10.5. The molecule has 0 saturated carbocycles. The highest BCUT2D eigenvalue weighted by atomic mass is 32.2. The number of hydrogen-bond acceptors (Lipinski definition) is 5. The molecule has 32 heavy (non-hydrogen) atoms. The predicted molar refractivity (Wildman–Crippen MR) is 125 cm³/mol. The van der Waals surface area contributed by atoms with E-state index >= 15 is 0 Å². The van der Waals surface area contributed by atoms with Crippen molar-refractivity contribution in [3.05, 3.63) is 71.8 Å². The van der Waals surface area contributed by atoms with E-state index in [4.69, 9.17) is 14.6 Å². The van der Waals surface area contributed by atoms with E-state index in [1.165, 1.54) is 5.56 Å². The van der Waals surface area contributed by atoms with Crippen molar-refractivity contribution in [2.24, 2.45) is 11.1 Å². The molecular weight excluding hydrogens is 424 g/mol. The number of methoxy groups -OCH3 is 1. The number of ether oxygens (including phenoxy) is 2. The lowest BCUT2D eigenvalue weighted by Gasteiger charge is -2.48. The summed E-state index contributed by atoms with van der Waals surface area (Å²) in [6.45, 7) is 5.11. The summed E-state index contributed by atoms with van der Waals surface area (Å²) < 4.78 is 35.0. The summed E-state index contributed by atoms with van der Waals surface area (Å²) in [6.07, 6.45) is 0. The lowest BCUT2D eigenvalue weighted by molar-refractivity contribution is 0.133. The van der Waals surface area contributed by atoms with Crippen molar-refractivity contribution in [2.75, 3.05) is 19.0 Å². The lowest BCUT2D eigenvalue weighted by Crippen LogP contribution is -2.46. The van der Waals surface area contributed by atoms with Crippen LogP contribution in [-0.2, 0) is 15.4 Å². The summed E-state index contributed by atoms with van der Waals surface area (Å²) >= 11 is 0. The van der Waals surface area contributed by atoms with Crippen LogP contribution < -0.4 is 19.9 Å². The van der Waals surface area contributed by atoms with Crippen LogP contribution in [0.15, 0.2) is 65.6 Å². The molecule has 2 aliphatic rings. The fraction of sp³-hybridized carbons (Fsp3) is 0.280. The highest BCUT2D eigenvalue weighted by molar-refractivity contribution is 7.89. The highest BCUT2D eigenvalue weighted by Gasteiger charge is 2.47. The Labute approximate surface area is 188 Å². The maximum atomic E-state index is 11.6. The van der Waals surface area contributed by atoms with Crippen LogP contribution in [0.1, 0.15) is 31.0 Å². The first-order valence-corrected chi connectivity index (χ1v) is 12.1. The van der Waals surface area contributed by atoms with E-state index in [1.54, 1.807) is 31.4 Å². The first-order chi connectivity index (χ1) is 15.2. The maximum Gasteiger partial charge on any atom is 0.238 e. The van der Waals surface area contributed by atoms with Gasteiger partial charge in [0, 0.05) is 17.0 Å². The van der Waals surface area contributed by atoms with E-state index in [0.29, 0.717) is 6.61 Å². The number of rotatable bonds is 3. The van der Waals surface area contributed by atoms with E-state index in [-0.39, 0.29) is 22.3 Å². The van der Waals surface area contributed by atoms with E-state index in [0.717, 1.165) is 33.9 Å². The van der Waals surface area contributed by atoms with Gasteiger partial charge >= 0.3 is 0 Å². The first-order valence-electron chi connectivity index (χ1n) is 10.5. The van der Waals surface area contributed by atoms with Crippen molar-refractivity contribution in [3.8, 4) is 22.6 Å². The Balaban J connectivity index is 1.57. The van der Waals surface area contributed by atoms with Crippen molar-refractivity contribution in [1.29, 1.82) is 0 Å². The number of benzene rings is 3. The second-order valence-electron chi connectivity index (χ2n) is 8.96. The minimum absolute atomic E-state index is 0.0808. The number of fused-ring (bicyclic) bond motifs is 4. The van der Waals surface area contributed by atoms with Crippen LogP contribution in [0.2, 0.25) is 0 Å². The van der Waals surface area contributed by atoms with Gasteiger partial charge in [0.1, 0.15) is 11.5 Å². The number of nitrogens with one attached hydrogen (secondary N) is 1. The molecule has 0 radical (unpaired) electrons. The molecule has 3 N–H and O–H groups in total. The standard InChI is InChI=1S/C25H26N2O4S/c1-25(2)18-13-16(15-7-10-17(11-8-15)32(26,28)29)9-12-20(18)27-24-19(25)14-31-22-6-4-5-21(30-3)23(22)24/h4-13,19,24,27H,14H2,1-3H3,(H2,26,28,29)/t19-,24+/m1/s1. The molecule has 7 heteroatoms. The van der Waals surface area contributed by atoms with Crippen LogP contribution in [-0.4, -0.2) is 22.1 Å². The third-order valence-corrected chi connectivity index (χ3v) is 7.77. The molecule has 3 aromatic carbocycles. The zero-order chi connectivity index (χ0) is 22.7. The summed E-state index contributed by atoms with van der Waals surface area (Å²) in [5.74, 6) is 1.90. The largest absolute Gasteiger partial charge is 0.496 e. The van der Waals surface area contributed by atoms with Crippen LogP contribution in [0, 0.1) is 5.92 Å². The molecule has 0 bridgehead atoms. The molecule has 0 aromatic heterocycles. The molecule has 0 aliphatic carbocycles. The van der Waals surface area contributed by atoms with Crippen molar-refractivity contribution in [3.63, 3.8) is 0 Å². The van der Waals surface area contributed by atoms with Crippen molar-refractivity contribution < 1.29 is 17.9 Å². The van der Waals surface area contributed by atoms with Crippen LogP contribution in [0.3, 0.4) is 0 Å². The monoisotopic (exact) mass is 450 g/mol. The van der Waals surface area contributed by atoms with Gasteiger partial charge in [-0.3, -0.25) is 0 Å². The predicted octanol–water partition coefficient (Wildman–Crippen LogP) is 4.46. The molecule has 5 rings (SSSR count). The Bertz CT molecular complexity index is 1290. The summed E-state index contributed by atoms with van der Waals surface area (Å²) in [4.78, 5) is 0.107. The molecular formula is C25H26N2O4S. The van der Waals surface area contributed by atoms with Crippen molar-refractivity contribution in [1.82, 2.24) is 0 Å². The highest BCUT2D eigenvalue weighted by Crippen LogP contribution is 2.54. The normalized spacial score (nSPS) is 20.8. The van der Waals surface area contributed by atoms with Crippen LogP contribution in [0.4, 0.5) is 5.69 Å². The molecule has 2 atom stereocenters. The van der Waals surface area contributed by atoms with Crippen LogP contribution >= 0.6 is 0 Å². The topological polar surface area (TPSA) is 90.6 Å². The van der Waals surface area contributed by atoms with Gasteiger partial charge in [0.25, 0.3) is 0 Å². The molecule has 2 aliphatic heterocycles. The van der Waals surface area contributed by atoms with E-state index in [9.17, 15) is 8.42 Å². The Kier molecular flexibility index (Phi) is 4.72. The quantitative estimate of drug-likeness (QED) is 0.615. The van der Waals surface area contributed by atoms with E-state index in [2.05, 4.69) is 37.4 Å². The molecule has 166 valence electrons. The van der Waals surface area contributed by atoms with Gasteiger partial charge in [-0.25, -0.2) is 13.6 Å². The molecule has 2 heterocycles. The zero-order valence-corrected chi connectivity index (χ0v) is 19.1. The molecule has 3 aromatic rings. The average Bonchev–Trinajstić information content (AvgIpc) is 2.78. The molecule has 0 spiro atoms.